The van der Waals surface area contributed by atoms with Crippen molar-refractivity contribution in [1.82, 2.24) is 0 Å². The Bertz CT molecular complexity index is 269. The van der Waals surface area contributed by atoms with Gasteiger partial charge in [-0.3, -0.25) is 0 Å². The number of benzene rings is 1. The summed E-state index contributed by atoms with van der Waals surface area (Å²) in [5, 5.41) is 18.0. The first-order chi connectivity index (χ1) is 6.12. The van der Waals surface area contributed by atoms with Crippen molar-refractivity contribution in [3.05, 3.63) is 33.4 Å². The molecule has 0 radical (unpaired) electrons. The molecule has 3 nitrogen and oxygen atoms in total. The molecule has 4 heteroatoms. The molecule has 0 saturated heterocycles. The Morgan fingerprint density at radius 3 is 2.00 bits per heavy atom. The van der Waals surface area contributed by atoms with Crippen LogP contribution in [0, 0.1) is 3.57 Å². The van der Waals surface area contributed by atoms with E-state index in [2.05, 4.69) is 22.6 Å². The van der Waals surface area contributed by atoms with E-state index in [0.717, 1.165) is 9.13 Å². The number of nitrogens with two attached hydrogens (primary N) is 1. The number of aliphatic hydroxyl groups is 2. The van der Waals surface area contributed by atoms with E-state index in [0.29, 0.717) is 0 Å². The third-order valence-corrected chi connectivity index (χ3v) is 2.70. The highest BCUT2D eigenvalue weighted by Crippen LogP contribution is 2.18. The van der Waals surface area contributed by atoms with Crippen molar-refractivity contribution in [2.75, 3.05) is 13.2 Å². The van der Waals surface area contributed by atoms with Crippen molar-refractivity contribution in [2.45, 2.75) is 5.54 Å². The topological polar surface area (TPSA) is 66.5 Å². The summed E-state index contributed by atoms with van der Waals surface area (Å²) in [6.07, 6.45) is 0. The van der Waals surface area contributed by atoms with E-state index in [1.165, 1.54) is 0 Å². The first-order valence-corrected chi connectivity index (χ1v) is 4.97. The summed E-state index contributed by atoms with van der Waals surface area (Å²) in [6, 6.07) is 7.41. The van der Waals surface area contributed by atoms with Crippen molar-refractivity contribution in [3.8, 4) is 0 Å². The Morgan fingerprint density at radius 2 is 1.62 bits per heavy atom. The smallest absolute Gasteiger partial charge is 0.0878 e. The average Bonchev–Trinajstić information content (AvgIpc) is 2.18. The quantitative estimate of drug-likeness (QED) is 0.708. The molecule has 0 heterocycles. The lowest BCUT2D eigenvalue weighted by Gasteiger charge is -2.24. The zero-order chi connectivity index (χ0) is 9.90. The molecular weight excluding hydrogens is 281 g/mol. The van der Waals surface area contributed by atoms with Gasteiger partial charge in [-0.1, -0.05) is 12.1 Å². The third-order valence-electron chi connectivity index (χ3n) is 1.98. The van der Waals surface area contributed by atoms with Gasteiger partial charge in [0.25, 0.3) is 0 Å². The fourth-order valence-electron chi connectivity index (χ4n) is 1.01. The fraction of sp³-hybridized carbons (Fsp3) is 0.333. The van der Waals surface area contributed by atoms with Crippen LogP contribution >= 0.6 is 22.6 Å². The normalized spacial score (nSPS) is 11.7. The standard InChI is InChI=1S/C9H12INO2/c10-8-3-1-7(2-4-8)9(11,5-12)6-13/h1-4,12-13H,5-6,11H2. The zero-order valence-corrected chi connectivity index (χ0v) is 9.23. The van der Waals surface area contributed by atoms with E-state index >= 15 is 0 Å². The summed E-state index contributed by atoms with van der Waals surface area (Å²) < 4.78 is 1.10. The highest BCUT2D eigenvalue weighted by atomic mass is 127. The van der Waals surface area contributed by atoms with Gasteiger partial charge in [0.05, 0.1) is 18.8 Å². The van der Waals surface area contributed by atoms with Crippen LogP contribution in [0.15, 0.2) is 24.3 Å². The molecule has 0 aliphatic carbocycles. The first-order valence-electron chi connectivity index (χ1n) is 3.89. The maximum Gasteiger partial charge on any atom is 0.0878 e. The third kappa shape index (κ3) is 2.40. The lowest BCUT2D eigenvalue weighted by atomic mass is 9.93. The molecule has 1 aromatic carbocycles. The van der Waals surface area contributed by atoms with Gasteiger partial charge in [-0.2, -0.15) is 0 Å². The van der Waals surface area contributed by atoms with Crippen LogP contribution in [-0.2, 0) is 5.54 Å². The molecule has 0 aromatic heterocycles. The van der Waals surface area contributed by atoms with Gasteiger partial charge in [0, 0.05) is 3.57 Å². The van der Waals surface area contributed by atoms with Crippen LogP contribution in [0.3, 0.4) is 0 Å². The number of hydrogen-bond donors (Lipinski definition) is 3. The van der Waals surface area contributed by atoms with Gasteiger partial charge in [-0.05, 0) is 40.3 Å². The highest BCUT2D eigenvalue weighted by molar-refractivity contribution is 14.1. The van der Waals surface area contributed by atoms with Gasteiger partial charge < -0.3 is 15.9 Å². The second-order valence-electron chi connectivity index (χ2n) is 2.98. The molecule has 0 fully saturated rings. The molecule has 0 bridgehead atoms. The Labute approximate surface area is 90.7 Å². The minimum atomic E-state index is -1.02. The van der Waals surface area contributed by atoms with Crippen LogP contribution in [0.25, 0.3) is 0 Å². The second-order valence-corrected chi connectivity index (χ2v) is 4.22. The van der Waals surface area contributed by atoms with E-state index in [1.807, 2.05) is 24.3 Å². The van der Waals surface area contributed by atoms with Crippen LogP contribution in [0.2, 0.25) is 0 Å². The first kappa shape index (κ1) is 10.9. The van der Waals surface area contributed by atoms with E-state index in [-0.39, 0.29) is 13.2 Å². The monoisotopic (exact) mass is 293 g/mol. The number of hydrogen-bond acceptors (Lipinski definition) is 3. The summed E-state index contributed by atoms with van der Waals surface area (Å²) >= 11 is 2.18. The summed E-state index contributed by atoms with van der Waals surface area (Å²) in [5.41, 5.74) is 5.49. The molecule has 0 aliphatic rings. The van der Waals surface area contributed by atoms with Crippen LogP contribution < -0.4 is 5.73 Å². The molecule has 0 atom stereocenters. The Morgan fingerprint density at radius 1 is 1.15 bits per heavy atom. The van der Waals surface area contributed by atoms with E-state index in [9.17, 15) is 0 Å². The molecular formula is C9H12INO2. The highest BCUT2D eigenvalue weighted by Gasteiger charge is 2.25. The van der Waals surface area contributed by atoms with Crippen LogP contribution in [0.1, 0.15) is 5.56 Å². The van der Waals surface area contributed by atoms with Gasteiger partial charge in [-0.15, -0.1) is 0 Å². The Kier molecular flexibility index (Phi) is 3.66. The van der Waals surface area contributed by atoms with Gasteiger partial charge in [-0.25, -0.2) is 0 Å². The predicted octanol–water partition coefficient (Wildman–Crippen LogP) is 0.430. The molecule has 4 N–H and O–H groups in total. The number of halogens is 1. The van der Waals surface area contributed by atoms with E-state index < -0.39 is 5.54 Å². The average molecular weight is 293 g/mol. The summed E-state index contributed by atoms with van der Waals surface area (Å²) in [6.45, 7) is -0.520. The minimum absolute atomic E-state index is 0.260. The van der Waals surface area contributed by atoms with Crippen molar-refractivity contribution in [3.63, 3.8) is 0 Å². The van der Waals surface area contributed by atoms with E-state index in [4.69, 9.17) is 15.9 Å². The van der Waals surface area contributed by atoms with E-state index in [1.54, 1.807) is 0 Å². The van der Waals surface area contributed by atoms with Crippen molar-refractivity contribution in [1.29, 1.82) is 0 Å². The maximum atomic E-state index is 9.02. The van der Waals surface area contributed by atoms with Crippen LogP contribution in [0.5, 0.6) is 0 Å². The Hall–Kier alpha value is -0.170. The van der Waals surface area contributed by atoms with Crippen molar-refractivity contribution >= 4 is 22.6 Å². The number of rotatable bonds is 3. The summed E-state index contributed by atoms with van der Waals surface area (Å²) in [4.78, 5) is 0. The summed E-state index contributed by atoms with van der Waals surface area (Å²) in [5.74, 6) is 0. The lowest BCUT2D eigenvalue weighted by molar-refractivity contribution is 0.121. The van der Waals surface area contributed by atoms with Crippen LogP contribution in [0.4, 0.5) is 0 Å². The molecule has 0 aliphatic heterocycles. The van der Waals surface area contributed by atoms with Crippen molar-refractivity contribution < 1.29 is 10.2 Å². The molecule has 0 unspecified atom stereocenters. The zero-order valence-electron chi connectivity index (χ0n) is 7.07. The SMILES string of the molecule is NC(CO)(CO)c1ccc(I)cc1. The van der Waals surface area contributed by atoms with Crippen molar-refractivity contribution in [2.24, 2.45) is 5.73 Å². The lowest BCUT2D eigenvalue weighted by Crippen LogP contribution is -2.44. The molecule has 0 saturated carbocycles. The fourth-order valence-corrected chi connectivity index (χ4v) is 1.37. The molecule has 72 valence electrons. The number of aliphatic hydroxyl groups excluding tert-OH is 2. The molecule has 1 rings (SSSR count). The largest absolute Gasteiger partial charge is 0.394 e. The molecule has 0 spiro atoms. The van der Waals surface area contributed by atoms with Gasteiger partial charge in [0.2, 0.25) is 0 Å². The second kappa shape index (κ2) is 4.36. The maximum absolute atomic E-state index is 9.02. The Balaban J connectivity index is 2.99. The molecule has 0 amide bonds. The molecule has 13 heavy (non-hydrogen) atoms. The van der Waals surface area contributed by atoms with Gasteiger partial charge >= 0.3 is 0 Å². The summed E-state index contributed by atoms with van der Waals surface area (Å²) in [7, 11) is 0. The molecule has 1 aromatic rings. The van der Waals surface area contributed by atoms with Gasteiger partial charge in [0.15, 0.2) is 0 Å². The predicted molar refractivity (Wildman–Crippen MR) is 59.2 cm³/mol. The van der Waals surface area contributed by atoms with Crippen LogP contribution in [-0.4, -0.2) is 23.4 Å². The van der Waals surface area contributed by atoms with Gasteiger partial charge in [0.1, 0.15) is 0 Å². The minimum Gasteiger partial charge on any atom is -0.394 e.